The average molecular weight is 618 g/mol. The molecule has 1 heterocycles. The normalized spacial score (nSPS) is 14.4. The van der Waals surface area contributed by atoms with E-state index in [-0.39, 0.29) is 5.41 Å². The summed E-state index contributed by atoms with van der Waals surface area (Å²) in [7, 11) is 0. The Morgan fingerprint density at radius 2 is 0.812 bits per heavy atom. The quantitative estimate of drug-likeness (QED) is 0.193. The van der Waals surface area contributed by atoms with Gasteiger partial charge in [-0.3, -0.25) is 0 Å². The van der Waals surface area contributed by atoms with Gasteiger partial charge in [0.15, 0.2) is 17.5 Å². The third-order valence-corrected chi connectivity index (χ3v) is 10.3. The van der Waals surface area contributed by atoms with E-state index < -0.39 is 0 Å². The summed E-state index contributed by atoms with van der Waals surface area (Å²) >= 11 is 0. The second kappa shape index (κ2) is 11.8. The zero-order chi connectivity index (χ0) is 31.9. The highest BCUT2D eigenvalue weighted by Gasteiger charge is 2.43. The molecule has 6 aromatic carbocycles. The second-order valence-electron chi connectivity index (χ2n) is 13.1. The minimum atomic E-state index is 0.125. The Morgan fingerprint density at radius 1 is 0.333 bits per heavy atom. The van der Waals surface area contributed by atoms with Crippen LogP contribution in [0.3, 0.4) is 0 Å². The summed E-state index contributed by atoms with van der Waals surface area (Å²) < 4.78 is 0. The summed E-state index contributed by atoms with van der Waals surface area (Å²) in [6, 6.07) is 54.0. The van der Waals surface area contributed by atoms with Gasteiger partial charge < -0.3 is 0 Å². The maximum Gasteiger partial charge on any atom is 0.164 e. The minimum Gasteiger partial charge on any atom is -0.208 e. The molecule has 1 spiro atoms. The number of nitrogens with zero attached hydrogens (tertiary/aromatic N) is 3. The topological polar surface area (TPSA) is 38.7 Å². The zero-order valence-corrected chi connectivity index (χ0v) is 26.8. The van der Waals surface area contributed by atoms with Gasteiger partial charge in [0, 0.05) is 22.1 Å². The van der Waals surface area contributed by atoms with Crippen molar-refractivity contribution in [3.8, 4) is 67.5 Å². The number of hydrogen-bond acceptors (Lipinski definition) is 3. The van der Waals surface area contributed by atoms with Crippen LogP contribution in [0.4, 0.5) is 0 Å². The van der Waals surface area contributed by atoms with Crippen LogP contribution in [0.5, 0.6) is 0 Å². The van der Waals surface area contributed by atoms with Gasteiger partial charge in [0.1, 0.15) is 0 Å². The number of benzene rings is 6. The Labute approximate surface area is 282 Å². The van der Waals surface area contributed by atoms with Crippen LogP contribution in [0.25, 0.3) is 67.5 Å². The van der Waals surface area contributed by atoms with E-state index in [1.807, 2.05) is 24.3 Å². The first-order valence-corrected chi connectivity index (χ1v) is 17.1. The summed E-state index contributed by atoms with van der Waals surface area (Å²) in [4.78, 5) is 15.1. The molecule has 0 aliphatic heterocycles. The molecule has 1 saturated carbocycles. The lowest BCUT2D eigenvalue weighted by molar-refractivity contribution is 0.353. The molecule has 0 saturated heterocycles. The Bertz CT molecular complexity index is 2270. The van der Waals surface area contributed by atoms with Crippen LogP contribution in [-0.4, -0.2) is 15.0 Å². The van der Waals surface area contributed by atoms with Crippen molar-refractivity contribution >= 4 is 0 Å². The molecule has 1 fully saturated rings. The average Bonchev–Trinajstić information content (AvgIpc) is 3.43. The number of fused-ring (bicyclic) bond motifs is 5. The fourth-order valence-electron chi connectivity index (χ4n) is 7.99. The molecule has 0 atom stereocenters. The van der Waals surface area contributed by atoms with Crippen LogP contribution in [0.1, 0.15) is 43.2 Å². The van der Waals surface area contributed by atoms with Gasteiger partial charge in [0.05, 0.1) is 0 Å². The van der Waals surface area contributed by atoms with Crippen LogP contribution < -0.4 is 0 Å². The highest BCUT2D eigenvalue weighted by Crippen LogP contribution is 2.56. The monoisotopic (exact) mass is 617 g/mol. The summed E-state index contributed by atoms with van der Waals surface area (Å²) in [5.41, 5.74) is 13.6. The number of aromatic nitrogens is 3. The van der Waals surface area contributed by atoms with Crippen molar-refractivity contribution in [2.24, 2.45) is 0 Å². The summed E-state index contributed by atoms with van der Waals surface area (Å²) in [5.74, 6) is 2.00. The molecule has 230 valence electrons. The fourth-order valence-corrected chi connectivity index (χ4v) is 7.99. The third kappa shape index (κ3) is 4.94. The van der Waals surface area contributed by atoms with Crippen molar-refractivity contribution in [1.82, 2.24) is 15.0 Å². The van der Waals surface area contributed by atoms with E-state index >= 15 is 0 Å². The number of hydrogen-bond donors (Lipinski definition) is 0. The highest BCUT2D eigenvalue weighted by molar-refractivity contribution is 5.84. The van der Waals surface area contributed by atoms with Crippen molar-refractivity contribution in [3.05, 3.63) is 163 Å². The summed E-state index contributed by atoms with van der Waals surface area (Å²) in [6.07, 6.45) is 6.35. The van der Waals surface area contributed by atoms with Crippen LogP contribution in [0, 0.1) is 0 Å². The fraction of sp³-hybridized carbons (Fsp3) is 0.133. The largest absolute Gasteiger partial charge is 0.208 e. The van der Waals surface area contributed by atoms with E-state index in [0.29, 0.717) is 17.5 Å². The first kappa shape index (κ1) is 28.5. The Morgan fingerprint density at radius 3 is 1.48 bits per heavy atom. The van der Waals surface area contributed by atoms with Crippen molar-refractivity contribution in [1.29, 1.82) is 0 Å². The molecule has 48 heavy (non-hydrogen) atoms. The van der Waals surface area contributed by atoms with Gasteiger partial charge in [-0.2, -0.15) is 0 Å². The SMILES string of the molecule is c1ccc(-c2cccc(-c3nc(-c4ccccc4)nc(-c4cccc(-c5ccc6c(c5)C5(CCCCC5)c5ccccc5-6)c4)n3)c2)cc1. The van der Waals surface area contributed by atoms with Gasteiger partial charge >= 0.3 is 0 Å². The van der Waals surface area contributed by atoms with Crippen molar-refractivity contribution in [2.75, 3.05) is 0 Å². The molecule has 3 nitrogen and oxygen atoms in total. The van der Waals surface area contributed by atoms with E-state index in [1.54, 1.807) is 0 Å². The second-order valence-corrected chi connectivity index (χ2v) is 13.1. The van der Waals surface area contributed by atoms with Crippen LogP contribution in [0.2, 0.25) is 0 Å². The summed E-state index contributed by atoms with van der Waals surface area (Å²) in [5, 5.41) is 0. The lowest BCUT2D eigenvalue weighted by atomic mass is 9.67. The highest BCUT2D eigenvalue weighted by atomic mass is 15.0. The van der Waals surface area contributed by atoms with Crippen LogP contribution in [-0.2, 0) is 5.41 Å². The Kier molecular flexibility index (Phi) is 7.04. The minimum absolute atomic E-state index is 0.125. The van der Waals surface area contributed by atoms with Crippen molar-refractivity contribution < 1.29 is 0 Å². The van der Waals surface area contributed by atoms with E-state index in [4.69, 9.17) is 15.0 Å². The van der Waals surface area contributed by atoms with Crippen LogP contribution >= 0.6 is 0 Å². The molecule has 3 heteroatoms. The van der Waals surface area contributed by atoms with Gasteiger partial charge in [-0.25, -0.2) is 15.0 Å². The molecule has 0 N–H and O–H groups in total. The molecular weight excluding hydrogens is 583 g/mol. The molecule has 7 aromatic rings. The standard InChI is InChI=1S/C45H35N3/c1-4-14-31(15-5-1)33-18-12-20-36(28-33)43-46-42(32-16-6-2-7-17-32)47-44(48-43)37-21-13-19-34(29-37)35-24-25-39-38-22-8-9-23-40(38)45(41(39)30-35)26-10-3-11-27-45/h1-2,4-9,12-25,28-30H,3,10-11,26-27H2. The molecule has 0 bridgehead atoms. The molecule has 0 unspecified atom stereocenters. The first-order valence-electron chi connectivity index (χ1n) is 17.1. The van der Waals surface area contributed by atoms with E-state index in [2.05, 4.69) is 127 Å². The molecule has 0 amide bonds. The lowest BCUT2D eigenvalue weighted by Gasteiger charge is -2.36. The maximum atomic E-state index is 5.10. The first-order chi connectivity index (χ1) is 23.7. The zero-order valence-electron chi connectivity index (χ0n) is 26.8. The molecule has 1 aromatic heterocycles. The van der Waals surface area contributed by atoms with Crippen LogP contribution in [0.15, 0.2) is 152 Å². The molecular formula is C45H35N3. The van der Waals surface area contributed by atoms with Gasteiger partial charge in [-0.1, -0.05) is 153 Å². The Balaban J connectivity index is 1.15. The van der Waals surface area contributed by atoms with Crippen molar-refractivity contribution in [3.63, 3.8) is 0 Å². The van der Waals surface area contributed by atoms with Gasteiger partial charge in [0.2, 0.25) is 0 Å². The smallest absolute Gasteiger partial charge is 0.164 e. The molecule has 2 aliphatic carbocycles. The third-order valence-electron chi connectivity index (χ3n) is 10.3. The molecule has 0 radical (unpaired) electrons. The van der Waals surface area contributed by atoms with Gasteiger partial charge in [-0.05, 0) is 75.5 Å². The molecule has 9 rings (SSSR count). The maximum absolute atomic E-state index is 5.10. The summed E-state index contributed by atoms with van der Waals surface area (Å²) in [6.45, 7) is 0. The predicted octanol–water partition coefficient (Wildman–Crippen LogP) is 11.4. The van der Waals surface area contributed by atoms with Gasteiger partial charge in [-0.15, -0.1) is 0 Å². The Hall–Kier alpha value is -5.67. The van der Waals surface area contributed by atoms with E-state index in [9.17, 15) is 0 Å². The van der Waals surface area contributed by atoms with E-state index in [1.165, 1.54) is 65.5 Å². The molecule has 2 aliphatic rings. The predicted molar refractivity (Wildman–Crippen MR) is 196 cm³/mol. The lowest BCUT2D eigenvalue weighted by Crippen LogP contribution is -2.28. The van der Waals surface area contributed by atoms with Crippen molar-refractivity contribution in [2.45, 2.75) is 37.5 Å². The van der Waals surface area contributed by atoms with E-state index in [0.717, 1.165) is 27.8 Å². The van der Waals surface area contributed by atoms with Gasteiger partial charge in [0.25, 0.3) is 0 Å². The number of rotatable bonds is 5.